The molecule has 10 nitrogen and oxygen atoms in total. The van der Waals surface area contributed by atoms with E-state index in [-0.39, 0.29) is 30.9 Å². The Kier molecular flexibility index (Phi) is 9.15. The zero-order valence-electron chi connectivity index (χ0n) is 19.9. The number of sulfone groups is 1. The van der Waals surface area contributed by atoms with Crippen LogP contribution in [-0.2, 0) is 32.6 Å². The maximum atomic E-state index is 13.0. The van der Waals surface area contributed by atoms with Crippen LogP contribution in [0, 0.1) is 0 Å². The van der Waals surface area contributed by atoms with Gasteiger partial charge in [0.25, 0.3) is 11.5 Å². The predicted octanol–water partition coefficient (Wildman–Crippen LogP) is 2.18. The highest BCUT2D eigenvalue weighted by Crippen LogP contribution is 2.24. The predicted molar refractivity (Wildman–Crippen MR) is 135 cm³/mol. The van der Waals surface area contributed by atoms with Gasteiger partial charge in [-0.2, -0.15) is 5.06 Å². The van der Waals surface area contributed by atoms with Gasteiger partial charge in [-0.3, -0.25) is 19.4 Å². The summed E-state index contributed by atoms with van der Waals surface area (Å²) in [6.45, 7) is 1.78. The summed E-state index contributed by atoms with van der Waals surface area (Å²) in [7, 11) is -0.409. The average molecular weight is 525 g/mol. The third-order valence-electron chi connectivity index (χ3n) is 6.06. The SMILES string of the molecule is CON(C)Cc1ccc(-c2ccc3c(=O)n(CC[C@](C)(C(=O)NO)S(C)(=O)=O)cnc3c2)cc1.Cl. The van der Waals surface area contributed by atoms with E-state index in [1.165, 1.54) is 23.3 Å². The molecule has 1 heterocycles. The van der Waals surface area contributed by atoms with Crippen molar-refractivity contribution >= 4 is 39.1 Å². The van der Waals surface area contributed by atoms with Crippen molar-refractivity contribution in [3.63, 3.8) is 0 Å². The number of nitrogens with one attached hydrogen (secondary N) is 1. The molecule has 35 heavy (non-hydrogen) atoms. The molecule has 190 valence electrons. The average Bonchev–Trinajstić information content (AvgIpc) is 2.82. The molecule has 0 saturated heterocycles. The molecule has 0 fully saturated rings. The number of carbonyl (C=O) groups excluding carboxylic acids is 1. The van der Waals surface area contributed by atoms with Gasteiger partial charge in [-0.25, -0.2) is 18.9 Å². The van der Waals surface area contributed by atoms with E-state index < -0.39 is 20.5 Å². The summed E-state index contributed by atoms with van der Waals surface area (Å²) in [4.78, 5) is 34.5. The molecule has 3 aromatic rings. The number of benzene rings is 2. The topological polar surface area (TPSA) is 131 Å². The molecule has 0 unspecified atom stereocenters. The Labute approximate surface area is 209 Å². The molecule has 0 aliphatic carbocycles. The van der Waals surface area contributed by atoms with Gasteiger partial charge < -0.3 is 4.84 Å². The van der Waals surface area contributed by atoms with E-state index >= 15 is 0 Å². The number of rotatable bonds is 9. The summed E-state index contributed by atoms with van der Waals surface area (Å²) in [6.07, 6.45) is 2.03. The first-order valence-corrected chi connectivity index (χ1v) is 12.4. The van der Waals surface area contributed by atoms with E-state index in [0.29, 0.717) is 17.4 Å². The van der Waals surface area contributed by atoms with Crippen molar-refractivity contribution in [2.75, 3.05) is 20.4 Å². The van der Waals surface area contributed by atoms with Gasteiger partial charge in [-0.1, -0.05) is 30.3 Å². The van der Waals surface area contributed by atoms with Crippen molar-refractivity contribution < 1.29 is 23.3 Å². The first kappa shape index (κ1) is 28.4. The van der Waals surface area contributed by atoms with Crippen LogP contribution in [0.1, 0.15) is 18.9 Å². The summed E-state index contributed by atoms with van der Waals surface area (Å²) in [6, 6.07) is 13.3. The van der Waals surface area contributed by atoms with Gasteiger partial charge in [-0.05, 0) is 42.2 Å². The van der Waals surface area contributed by atoms with Crippen molar-refractivity contribution in [1.29, 1.82) is 0 Å². The number of hydrogen-bond acceptors (Lipinski definition) is 8. The normalized spacial score (nSPS) is 13.3. The second-order valence-corrected chi connectivity index (χ2v) is 10.8. The number of hydroxylamine groups is 3. The van der Waals surface area contributed by atoms with E-state index in [9.17, 15) is 18.0 Å². The summed E-state index contributed by atoms with van der Waals surface area (Å²) in [5.74, 6) is -1.05. The molecule has 2 N–H and O–H groups in total. The van der Waals surface area contributed by atoms with Crippen LogP contribution in [0.3, 0.4) is 0 Å². The van der Waals surface area contributed by atoms with Gasteiger partial charge in [0.05, 0.1) is 24.3 Å². The van der Waals surface area contributed by atoms with Gasteiger partial charge in [-0.15, -0.1) is 12.4 Å². The molecule has 0 aliphatic rings. The minimum Gasteiger partial charge on any atom is -0.302 e. The molecular weight excluding hydrogens is 496 g/mol. The molecule has 0 spiro atoms. The van der Waals surface area contributed by atoms with Crippen molar-refractivity contribution in [3.8, 4) is 11.1 Å². The maximum absolute atomic E-state index is 13.0. The standard InChI is InChI=1S/C23H28N4O6S.ClH/c1-23(22(29)25-30,34(4,31)32)11-12-27-15-24-20-13-18(9-10-19(20)21(27)28)17-7-5-16(6-8-17)14-26(2)33-3;/h5-10,13,15,30H,11-12,14H2,1-4H3,(H,25,29);1H/t23-;/m1./s1. The third kappa shape index (κ3) is 6.06. The fraction of sp³-hybridized carbons (Fsp3) is 0.348. The van der Waals surface area contributed by atoms with Crippen molar-refractivity contribution in [2.24, 2.45) is 0 Å². The third-order valence-corrected chi connectivity index (χ3v) is 8.09. The second kappa shape index (κ2) is 11.3. The van der Waals surface area contributed by atoms with Crippen LogP contribution in [0.4, 0.5) is 0 Å². The van der Waals surface area contributed by atoms with Crippen LogP contribution in [0.2, 0.25) is 0 Å². The fourth-order valence-corrected chi connectivity index (χ4v) is 4.39. The molecule has 2 aromatic carbocycles. The second-order valence-electron chi connectivity index (χ2n) is 8.33. The van der Waals surface area contributed by atoms with E-state index in [4.69, 9.17) is 10.0 Å². The quantitative estimate of drug-likeness (QED) is 0.321. The molecule has 0 bridgehead atoms. The number of nitrogens with zero attached hydrogens (tertiary/aromatic N) is 3. The summed E-state index contributed by atoms with van der Waals surface area (Å²) in [5.41, 5.74) is 4.50. The number of aryl methyl sites for hydroxylation is 1. The lowest BCUT2D eigenvalue weighted by molar-refractivity contribution is -0.131. The number of amides is 1. The summed E-state index contributed by atoms with van der Waals surface area (Å²) >= 11 is 0. The number of hydrogen-bond donors (Lipinski definition) is 2. The largest absolute Gasteiger partial charge is 0.302 e. The molecule has 12 heteroatoms. The van der Waals surface area contributed by atoms with Crippen LogP contribution >= 0.6 is 12.4 Å². The molecule has 1 aromatic heterocycles. The number of fused-ring (bicyclic) bond motifs is 1. The first-order chi connectivity index (χ1) is 16.0. The molecule has 0 aliphatic heterocycles. The summed E-state index contributed by atoms with van der Waals surface area (Å²) in [5, 5.41) is 11.0. The van der Waals surface area contributed by atoms with E-state index in [0.717, 1.165) is 22.9 Å². The lowest BCUT2D eigenvalue weighted by atomic mass is 10.0. The van der Waals surface area contributed by atoms with Crippen LogP contribution < -0.4 is 11.0 Å². The van der Waals surface area contributed by atoms with E-state index in [1.54, 1.807) is 18.2 Å². The highest BCUT2D eigenvalue weighted by atomic mass is 35.5. The number of aromatic nitrogens is 2. The molecule has 1 amide bonds. The van der Waals surface area contributed by atoms with Gasteiger partial charge in [0.2, 0.25) is 0 Å². The minimum atomic E-state index is -3.87. The highest BCUT2D eigenvalue weighted by Gasteiger charge is 2.43. The molecule has 3 rings (SSSR count). The van der Waals surface area contributed by atoms with Gasteiger partial charge in [0.1, 0.15) is 0 Å². The monoisotopic (exact) mass is 524 g/mol. The Bertz CT molecular complexity index is 1360. The van der Waals surface area contributed by atoms with Gasteiger partial charge in [0, 0.05) is 26.4 Å². The van der Waals surface area contributed by atoms with Crippen LogP contribution in [0.25, 0.3) is 22.0 Å². The lowest BCUT2D eigenvalue weighted by Crippen LogP contribution is -2.50. The summed E-state index contributed by atoms with van der Waals surface area (Å²) < 4.78 is 23.7. The van der Waals surface area contributed by atoms with Crippen LogP contribution in [0.15, 0.2) is 53.6 Å². The fourth-order valence-electron chi connectivity index (χ4n) is 3.54. The first-order valence-electron chi connectivity index (χ1n) is 10.5. The smallest absolute Gasteiger partial charge is 0.264 e. The van der Waals surface area contributed by atoms with E-state index in [1.807, 2.05) is 43.4 Å². The van der Waals surface area contributed by atoms with Crippen LogP contribution in [-0.4, -0.2) is 59.3 Å². The van der Waals surface area contributed by atoms with Crippen molar-refractivity contribution in [3.05, 3.63) is 64.7 Å². The van der Waals surface area contributed by atoms with Crippen molar-refractivity contribution in [1.82, 2.24) is 20.1 Å². The highest BCUT2D eigenvalue weighted by molar-refractivity contribution is 7.92. The zero-order chi connectivity index (χ0) is 25.1. The molecule has 0 radical (unpaired) electrons. The molecule has 0 saturated carbocycles. The molecular formula is C23H29ClN4O6S. The molecule has 1 atom stereocenters. The Balaban J connectivity index is 0.00000432. The Morgan fingerprint density at radius 2 is 1.83 bits per heavy atom. The van der Waals surface area contributed by atoms with Gasteiger partial charge >= 0.3 is 0 Å². The minimum absolute atomic E-state index is 0. The number of carbonyl (C=O) groups is 1. The van der Waals surface area contributed by atoms with E-state index in [2.05, 4.69) is 4.98 Å². The lowest BCUT2D eigenvalue weighted by Gasteiger charge is -2.25. The van der Waals surface area contributed by atoms with Crippen LogP contribution in [0.5, 0.6) is 0 Å². The Morgan fingerprint density at radius 3 is 2.40 bits per heavy atom. The zero-order valence-corrected chi connectivity index (χ0v) is 21.5. The maximum Gasteiger partial charge on any atom is 0.264 e. The van der Waals surface area contributed by atoms with Crippen molar-refractivity contribution in [2.45, 2.75) is 31.2 Å². The number of halogens is 1. The Hall–Kier alpha value is -2.83. The van der Waals surface area contributed by atoms with Gasteiger partial charge in [0.15, 0.2) is 14.6 Å². The Morgan fingerprint density at radius 1 is 1.20 bits per heavy atom.